The zero-order valence-corrected chi connectivity index (χ0v) is 8.70. The van der Waals surface area contributed by atoms with Crippen LogP contribution >= 0.6 is 15.6 Å². The molecule has 0 aliphatic heterocycles. The fourth-order valence-electron chi connectivity index (χ4n) is 0.139. The Labute approximate surface area is 96.5 Å². The maximum Gasteiger partial charge on any atom is 1.00 e. The zero-order valence-electron chi connectivity index (χ0n) is 5.91. The predicted octanol–water partition coefficient (Wildman–Crippen LogP) is -4.88. The van der Waals surface area contributed by atoms with Crippen LogP contribution in [0.2, 0.25) is 0 Å². The van der Waals surface area contributed by atoms with E-state index in [0.717, 1.165) is 0 Å². The normalized spacial score (nSPS) is 11.3. The van der Waals surface area contributed by atoms with Crippen LogP contribution < -0.4 is 29.6 Å². The standard InChI is InChI=1S/Al.Na.H4O7P2.4H/c;;1-8(2,3)7-9(4,5)6;;;;/h;;(H2,1,2,3)(H2,4,5,6);;;;/q;+1;;;;;-1. The second-order valence-electron chi connectivity index (χ2n) is 1.06. The molecule has 0 spiro atoms. The summed E-state index contributed by atoms with van der Waals surface area (Å²) in [6.45, 7) is 0. The first-order valence-electron chi connectivity index (χ1n) is 1.53. The second-order valence-corrected chi connectivity index (χ2v) is 3.68. The molecule has 0 fully saturated rings. The Morgan fingerprint density at radius 1 is 1.00 bits per heavy atom. The Morgan fingerprint density at radius 3 is 1.18 bits per heavy atom. The van der Waals surface area contributed by atoms with Gasteiger partial charge >= 0.3 is 45.2 Å². The van der Waals surface area contributed by atoms with E-state index in [1.807, 2.05) is 0 Å². The average molecular weight is 232 g/mol. The van der Waals surface area contributed by atoms with Crippen molar-refractivity contribution < 1.29 is 64.0 Å². The molecule has 0 atom stereocenters. The van der Waals surface area contributed by atoms with Crippen LogP contribution in [0.5, 0.6) is 0 Å². The Kier molecular flexibility index (Phi) is 10.6. The smallest absolute Gasteiger partial charge is 1.00 e. The summed E-state index contributed by atoms with van der Waals surface area (Å²) in [5, 5.41) is 0. The number of phosphoric acid groups is 2. The minimum absolute atomic E-state index is 0. The first-order valence-corrected chi connectivity index (χ1v) is 4.59. The Bertz CT molecular complexity index is 162. The molecule has 0 saturated heterocycles. The number of hydrogen-bond donors (Lipinski definition) is 4. The van der Waals surface area contributed by atoms with Crippen molar-refractivity contribution in [3.05, 3.63) is 0 Å². The van der Waals surface area contributed by atoms with Gasteiger partial charge in [0.15, 0.2) is 17.4 Å². The van der Waals surface area contributed by atoms with Gasteiger partial charge in [-0.15, -0.1) is 0 Å². The van der Waals surface area contributed by atoms with Crippen LogP contribution in [0.1, 0.15) is 1.43 Å². The van der Waals surface area contributed by atoms with Crippen molar-refractivity contribution in [3.63, 3.8) is 0 Å². The molecule has 7 nitrogen and oxygen atoms in total. The van der Waals surface area contributed by atoms with Crippen LogP contribution in [0.4, 0.5) is 0 Å². The number of rotatable bonds is 2. The van der Waals surface area contributed by atoms with E-state index in [1.165, 1.54) is 0 Å². The van der Waals surface area contributed by atoms with Crippen molar-refractivity contribution in [1.82, 2.24) is 0 Å². The third kappa shape index (κ3) is 18.6. The average Bonchev–Trinajstić information content (AvgIpc) is 1.14. The summed E-state index contributed by atoms with van der Waals surface area (Å²) >= 11 is 0. The quantitative estimate of drug-likeness (QED) is 0.278. The first kappa shape index (κ1) is 18.6. The molecule has 0 bridgehead atoms. The van der Waals surface area contributed by atoms with Gasteiger partial charge in [-0.2, -0.15) is 4.31 Å². The molecular weight excluding hydrogens is 224 g/mol. The van der Waals surface area contributed by atoms with Crippen molar-refractivity contribution in [2.45, 2.75) is 0 Å². The molecule has 0 aliphatic rings. The van der Waals surface area contributed by atoms with Crippen LogP contribution in [0.15, 0.2) is 0 Å². The summed E-state index contributed by atoms with van der Waals surface area (Å²) in [4.78, 5) is 31.0. The molecule has 0 rings (SSSR count). The van der Waals surface area contributed by atoms with Crippen LogP contribution in [0.25, 0.3) is 0 Å². The second kappa shape index (κ2) is 6.28. The molecule has 11 heavy (non-hydrogen) atoms. The van der Waals surface area contributed by atoms with Crippen LogP contribution in [0, 0.1) is 0 Å². The zero-order chi connectivity index (χ0) is 7.71. The Hall–Kier alpha value is 1.79. The predicted molar refractivity (Wildman–Crippen MR) is 36.2 cm³/mol. The minimum Gasteiger partial charge on any atom is -1.00 e. The van der Waals surface area contributed by atoms with Crippen molar-refractivity contribution in [2.75, 3.05) is 0 Å². The van der Waals surface area contributed by atoms with E-state index < -0.39 is 15.6 Å². The third-order valence-electron chi connectivity index (χ3n) is 0.213. The van der Waals surface area contributed by atoms with Crippen molar-refractivity contribution in [1.29, 1.82) is 0 Å². The van der Waals surface area contributed by atoms with Crippen molar-refractivity contribution in [2.24, 2.45) is 0 Å². The fourth-order valence-corrected chi connectivity index (χ4v) is 1.25. The molecule has 0 unspecified atom stereocenters. The SMILES string of the molecule is O=P(O)(O)OP(=O)(O)O.[AlH3].[H-].[Na+]. The van der Waals surface area contributed by atoms with E-state index in [-0.39, 0.29) is 48.3 Å². The van der Waals surface area contributed by atoms with E-state index in [4.69, 9.17) is 19.6 Å². The molecule has 4 N–H and O–H groups in total. The summed E-state index contributed by atoms with van der Waals surface area (Å²) in [6.07, 6.45) is 0. The molecule has 0 aromatic carbocycles. The Balaban J connectivity index is -0.000000107. The third-order valence-corrected chi connectivity index (χ3v) is 1.91. The molecule has 0 saturated carbocycles. The van der Waals surface area contributed by atoms with Gasteiger partial charge in [-0.25, -0.2) is 9.13 Å². The van der Waals surface area contributed by atoms with Gasteiger partial charge in [-0.1, -0.05) is 0 Å². The molecule has 0 aromatic heterocycles. The van der Waals surface area contributed by atoms with E-state index >= 15 is 0 Å². The van der Waals surface area contributed by atoms with Gasteiger partial charge in [0.25, 0.3) is 0 Å². The number of hydrogen-bond acceptors (Lipinski definition) is 3. The molecule has 0 aliphatic carbocycles. The summed E-state index contributed by atoms with van der Waals surface area (Å²) in [7, 11) is -10.1. The monoisotopic (exact) mass is 232 g/mol. The van der Waals surface area contributed by atoms with Crippen LogP contribution in [-0.4, -0.2) is 36.9 Å². The Morgan fingerprint density at radius 2 is 1.18 bits per heavy atom. The molecular formula is H8AlNaO7P2. The van der Waals surface area contributed by atoms with Gasteiger partial charge in [-0.05, 0) is 0 Å². The summed E-state index contributed by atoms with van der Waals surface area (Å²) in [5.41, 5.74) is 0. The van der Waals surface area contributed by atoms with Crippen molar-refractivity contribution in [3.8, 4) is 0 Å². The van der Waals surface area contributed by atoms with E-state index in [1.54, 1.807) is 0 Å². The van der Waals surface area contributed by atoms with Crippen LogP contribution in [-0.2, 0) is 13.4 Å². The maximum absolute atomic E-state index is 9.63. The molecule has 0 radical (unpaired) electrons. The largest absolute Gasteiger partial charge is 1.00 e. The molecule has 64 valence electrons. The molecule has 0 heterocycles. The molecule has 11 heteroatoms. The fraction of sp³-hybridized carbons (Fsp3) is 0. The maximum atomic E-state index is 9.63. The van der Waals surface area contributed by atoms with Gasteiger partial charge in [0.1, 0.15) is 0 Å². The summed E-state index contributed by atoms with van der Waals surface area (Å²) < 4.78 is 22.2. The van der Waals surface area contributed by atoms with Gasteiger partial charge in [0.05, 0.1) is 0 Å². The van der Waals surface area contributed by atoms with Gasteiger partial charge < -0.3 is 21.0 Å². The first-order chi connectivity index (χ1) is 3.71. The van der Waals surface area contributed by atoms with Gasteiger partial charge in [-0.3, -0.25) is 0 Å². The van der Waals surface area contributed by atoms with E-state index in [0.29, 0.717) is 0 Å². The van der Waals surface area contributed by atoms with Crippen LogP contribution in [0.3, 0.4) is 0 Å². The topological polar surface area (TPSA) is 124 Å². The van der Waals surface area contributed by atoms with Gasteiger partial charge in [0, 0.05) is 0 Å². The van der Waals surface area contributed by atoms with Crippen molar-refractivity contribution >= 4 is 33.0 Å². The van der Waals surface area contributed by atoms with E-state index in [9.17, 15) is 9.13 Å². The molecule has 0 aromatic rings. The summed E-state index contributed by atoms with van der Waals surface area (Å²) in [6, 6.07) is 0. The minimum atomic E-state index is -5.05. The van der Waals surface area contributed by atoms with E-state index in [2.05, 4.69) is 4.31 Å². The summed E-state index contributed by atoms with van der Waals surface area (Å²) in [5.74, 6) is 0. The van der Waals surface area contributed by atoms with Gasteiger partial charge in [0.2, 0.25) is 0 Å². The molecule has 0 amide bonds.